The Hall–Kier alpha value is -2.94. The molecule has 9 nitrogen and oxygen atoms in total. The first-order valence-electron chi connectivity index (χ1n) is 10.1. The highest BCUT2D eigenvalue weighted by molar-refractivity contribution is 5.92. The lowest BCUT2D eigenvalue weighted by Gasteiger charge is -2.28. The minimum absolute atomic E-state index is 0.258. The number of carboxylic acids is 1. The first-order valence-corrected chi connectivity index (χ1v) is 10.1. The molecule has 2 aliphatic heterocycles. The van der Waals surface area contributed by atoms with Crippen LogP contribution in [0.25, 0.3) is 0 Å². The molecule has 0 spiro atoms. The Kier molecular flexibility index (Phi) is 7.04. The number of aliphatic carboxylic acids is 1. The van der Waals surface area contributed by atoms with Crippen LogP contribution in [0.5, 0.6) is 0 Å². The van der Waals surface area contributed by atoms with Gasteiger partial charge in [0, 0.05) is 32.9 Å². The molecule has 162 valence electrons. The summed E-state index contributed by atoms with van der Waals surface area (Å²) in [4.78, 5) is 50.0. The monoisotopic (exact) mass is 417 g/mol. The van der Waals surface area contributed by atoms with E-state index in [2.05, 4.69) is 10.6 Å². The molecule has 30 heavy (non-hydrogen) atoms. The molecule has 2 amide bonds. The number of hydrogen-bond donors (Lipinski definition) is 3. The second-order valence-corrected chi connectivity index (χ2v) is 7.71. The SMILES string of the molecule is CC(=O)O[C@H]1CN[C@H](C(=O)N[C@@H](Cc2ccccc2)C(=O)N2CCC[C@H]2C(=O)O)C1. The molecular weight excluding hydrogens is 390 g/mol. The van der Waals surface area contributed by atoms with Gasteiger partial charge in [-0.15, -0.1) is 0 Å². The standard InChI is InChI=1S/C21H27N3O6/c1-13(25)30-15-11-16(22-12-15)19(26)23-17(10-14-6-3-2-4-7-14)20(27)24-9-5-8-18(24)21(28)29/h2-4,6-7,15-18,22H,5,8-12H2,1H3,(H,23,26)(H,28,29)/t15-,16+,17+,18+/m1/s1. The smallest absolute Gasteiger partial charge is 0.326 e. The molecule has 0 bridgehead atoms. The Bertz CT molecular complexity index is 799. The van der Waals surface area contributed by atoms with Crippen LogP contribution in [0.1, 0.15) is 31.7 Å². The summed E-state index contributed by atoms with van der Waals surface area (Å²) >= 11 is 0. The van der Waals surface area contributed by atoms with E-state index in [-0.39, 0.29) is 12.3 Å². The zero-order valence-electron chi connectivity index (χ0n) is 16.9. The summed E-state index contributed by atoms with van der Waals surface area (Å²) < 4.78 is 5.14. The van der Waals surface area contributed by atoms with Crippen molar-refractivity contribution in [1.29, 1.82) is 0 Å². The van der Waals surface area contributed by atoms with E-state index in [4.69, 9.17) is 4.74 Å². The number of rotatable bonds is 7. The summed E-state index contributed by atoms with van der Waals surface area (Å²) in [5.41, 5.74) is 0.861. The summed E-state index contributed by atoms with van der Waals surface area (Å²) in [5, 5.41) is 15.2. The van der Waals surface area contributed by atoms with Crippen LogP contribution in [0.4, 0.5) is 0 Å². The zero-order chi connectivity index (χ0) is 21.7. The van der Waals surface area contributed by atoms with Crippen molar-refractivity contribution in [2.24, 2.45) is 0 Å². The summed E-state index contributed by atoms with van der Waals surface area (Å²) in [6.45, 7) is 2.03. The van der Waals surface area contributed by atoms with Crippen LogP contribution < -0.4 is 10.6 Å². The van der Waals surface area contributed by atoms with Crippen LogP contribution in [0.2, 0.25) is 0 Å². The summed E-state index contributed by atoms with van der Waals surface area (Å²) in [6.07, 6.45) is 1.20. The summed E-state index contributed by atoms with van der Waals surface area (Å²) in [7, 11) is 0. The van der Waals surface area contributed by atoms with Crippen LogP contribution in [0.15, 0.2) is 30.3 Å². The van der Waals surface area contributed by atoms with Gasteiger partial charge in [-0.25, -0.2) is 4.79 Å². The molecule has 0 aromatic heterocycles. The Morgan fingerprint density at radius 3 is 2.67 bits per heavy atom. The maximum absolute atomic E-state index is 13.2. The summed E-state index contributed by atoms with van der Waals surface area (Å²) in [5.74, 6) is -2.21. The number of carboxylic acid groups (broad SMARTS) is 1. The van der Waals surface area contributed by atoms with Gasteiger partial charge in [0.1, 0.15) is 18.2 Å². The van der Waals surface area contributed by atoms with Gasteiger partial charge in [0.2, 0.25) is 11.8 Å². The molecule has 2 heterocycles. The molecule has 2 fully saturated rings. The molecule has 4 atom stereocenters. The Morgan fingerprint density at radius 1 is 1.27 bits per heavy atom. The van der Waals surface area contributed by atoms with E-state index in [0.29, 0.717) is 32.4 Å². The molecule has 9 heteroatoms. The van der Waals surface area contributed by atoms with Crippen molar-refractivity contribution in [3.63, 3.8) is 0 Å². The number of esters is 1. The number of ether oxygens (including phenoxy) is 1. The van der Waals surface area contributed by atoms with E-state index in [9.17, 15) is 24.3 Å². The molecule has 3 rings (SSSR count). The molecule has 2 aliphatic rings. The number of nitrogens with one attached hydrogen (secondary N) is 2. The third-order valence-corrected chi connectivity index (χ3v) is 5.46. The number of carbonyl (C=O) groups excluding carboxylic acids is 3. The van der Waals surface area contributed by atoms with Gasteiger partial charge in [-0.1, -0.05) is 30.3 Å². The second-order valence-electron chi connectivity index (χ2n) is 7.71. The van der Waals surface area contributed by atoms with Crippen molar-refractivity contribution in [3.8, 4) is 0 Å². The number of nitrogens with zero attached hydrogens (tertiary/aromatic N) is 1. The molecule has 3 N–H and O–H groups in total. The third-order valence-electron chi connectivity index (χ3n) is 5.46. The van der Waals surface area contributed by atoms with Gasteiger partial charge in [0.15, 0.2) is 0 Å². The van der Waals surface area contributed by atoms with E-state index in [0.717, 1.165) is 5.56 Å². The Labute approximate surface area is 174 Å². The largest absolute Gasteiger partial charge is 0.480 e. The topological polar surface area (TPSA) is 125 Å². The van der Waals surface area contributed by atoms with Crippen molar-refractivity contribution in [3.05, 3.63) is 35.9 Å². The quantitative estimate of drug-likeness (QED) is 0.537. The maximum atomic E-state index is 13.2. The summed E-state index contributed by atoms with van der Waals surface area (Å²) in [6, 6.07) is 6.92. The van der Waals surface area contributed by atoms with Crippen LogP contribution >= 0.6 is 0 Å². The van der Waals surface area contributed by atoms with Gasteiger partial charge in [0.05, 0.1) is 6.04 Å². The normalized spacial score (nSPS) is 24.3. The lowest BCUT2D eigenvalue weighted by molar-refractivity contribution is -0.149. The van der Waals surface area contributed by atoms with Crippen molar-refractivity contribution in [2.75, 3.05) is 13.1 Å². The number of amides is 2. The molecule has 0 saturated carbocycles. The Morgan fingerprint density at radius 2 is 2.00 bits per heavy atom. The second kappa shape index (κ2) is 9.71. The fourth-order valence-electron chi connectivity index (χ4n) is 4.04. The van der Waals surface area contributed by atoms with Gasteiger partial charge in [-0.3, -0.25) is 14.4 Å². The predicted molar refractivity (Wildman–Crippen MR) is 106 cm³/mol. The van der Waals surface area contributed by atoms with E-state index in [1.807, 2.05) is 30.3 Å². The zero-order valence-corrected chi connectivity index (χ0v) is 16.9. The lowest BCUT2D eigenvalue weighted by atomic mass is 10.0. The molecule has 0 radical (unpaired) electrons. The number of likely N-dealkylation sites (tertiary alicyclic amines) is 1. The highest BCUT2D eigenvalue weighted by Gasteiger charge is 2.39. The maximum Gasteiger partial charge on any atom is 0.326 e. The van der Waals surface area contributed by atoms with Gasteiger partial charge < -0.3 is 25.4 Å². The fourth-order valence-corrected chi connectivity index (χ4v) is 4.04. The van der Waals surface area contributed by atoms with Gasteiger partial charge in [0.25, 0.3) is 0 Å². The molecule has 0 aliphatic carbocycles. The van der Waals surface area contributed by atoms with Crippen molar-refractivity contribution in [1.82, 2.24) is 15.5 Å². The van der Waals surface area contributed by atoms with Crippen molar-refractivity contribution in [2.45, 2.75) is 56.8 Å². The number of hydrogen-bond acceptors (Lipinski definition) is 6. The lowest BCUT2D eigenvalue weighted by Crippen LogP contribution is -2.55. The van der Waals surface area contributed by atoms with Crippen LogP contribution in [-0.4, -0.2) is 71.1 Å². The van der Waals surface area contributed by atoms with Gasteiger partial charge in [-0.05, 0) is 18.4 Å². The highest BCUT2D eigenvalue weighted by atomic mass is 16.5. The van der Waals surface area contributed by atoms with Gasteiger partial charge in [-0.2, -0.15) is 0 Å². The minimum Gasteiger partial charge on any atom is -0.480 e. The Balaban J connectivity index is 1.71. The molecular formula is C21H27N3O6. The van der Waals surface area contributed by atoms with E-state index < -0.39 is 42.1 Å². The van der Waals surface area contributed by atoms with E-state index in [1.54, 1.807) is 0 Å². The molecule has 2 saturated heterocycles. The van der Waals surface area contributed by atoms with Crippen LogP contribution in [-0.2, 0) is 30.3 Å². The van der Waals surface area contributed by atoms with E-state index in [1.165, 1.54) is 11.8 Å². The van der Waals surface area contributed by atoms with Crippen molar-refractivity contribution < 1.29 is 29.0 Å². The van der Waals surface area contributed by atoms with Crippen LogP contribution in [0.3, 0.4) is 0 Å². The molecule has 1 aromatic rings. The third kappa shape index (κ3) is 5.35. The fraction of sp³-hybridized carbons (Fsp3) is 0.524. The average Bonchev–Trinajstić information content (AvgIpc) is 3.37. The number of benzene rings is 1. The first-order chi connectivity index (χ1) is 14.3. The van der Waals surface area contributed by atoms with E-state index >= 15 is 0 Å². The molecule has 0 unspecified atom stereocenters. The first kappa shape index (κ1) is 21.8. The molecule has 1 aromatic carbocycles. The predicted octanol–water partition coefficient (Wildman–Crippen LogP) is 0.0831. The minimum atomic E-state index is -1.03. The highest BCUT2D eigenvalue weighted by Crippen LogP contribution is 2.20. The number of carbonyl (C=O) groups is 4. The van der Waals surface area contributed by atoms with Crippen molar-refractivity contribution >= 4 is 23.8 Å². The van der Waals surface area contributed by atoms with Gasteiger partial charge >= 0.3 is 11.9 Å². The average molecular weight is 417 g/mol. The van der Waals surface area contributed by atoms with Crippen LogP contribution in [0, 0.1) is 0 Å².